The zero-order valence-corrected chi connectivity index (χ0v) is 12.3. The summed E-state index contributed by atoms with van der Waals surface area (Å²) in [4.78, 5) is 10.6. The summed E-state index contributed by atoms with van der Waals surface area (Å²) in [6.07, 6.45) is 8.79. The highest BCUT2D eigenvalue weighted by molar-refractivity contribution is 5.71. The molecule has 19 heavy (non-hydrogen) atoms. The summed E-state index contributed by atoms with van der Waals surface area (Å²) in [7, 11) is 0. The number of carbonyl (C=O) groups excluding carboxylic acids is 1. The van der Waals surface area contributed by atoms with E-state index in [0.29, 0.717) is 5.41 Å². The largest absolute Gasteiger partial charge is 0.350 e. The quantitative estimate of drug-likeness (QED) is 0.669. The van der Waals surface area contributed by atoms with Crippen LogP contribution in [-0.2, 0) is 0 Å². The second-order valence-electron chi connectivity index (χ2n) is 6.78. The number of amides is 2. The first-order chi connectivity index (χ1) is 8.91. The van der Waals surface area contributed by atoms with Crippen molar-refractivity contribution in [3.8, 4) is 0 Å². The number of hydrogen-bond donors (Lipinski definition) is 3. The number of rotatable bonds is 5. The van der Waals surface area contributed by atoms with Crippen molar-refractivity contribution in [1.82, 2.24) is 10.9 Å². The molecular weight excluding hydrogens is 238 g/mol. The number of allylic oxidation sites excluding steroid dienone is 2. The van der Waals surface area contributed by atoms with Gasteiger partial charge in [0.05, 0.1) is 0 Å². The number of hydrogen-bond acceptors (Lipinski definition) is 2. The van der Waals surface area contributed by atoms with Gasteiger partial charge in [0, 0.05) is 5.70 Å². The normalized spacial score (nSPS) is 32.4. The standard InChI is InChI=1S/C15H27N3O/c1-10(17-18-14(16)19)5-4-6-13-11-7-8-12(9-11)15(13,2)3/h5,11-13,17H,4,6-9H2,1-3H3,(H3,16,18,19)/b10-5-/t11-,12-,13+/m1/s1. The molecule has 0 saturated heterocycles. The minimum atomic E-state index is -0.554. The average molecular weight is 265 g/mol. The first kappa shape index (κ1) is 14.2. The molecule has 2 amide bonds. The van der Waals surface area contributed by atoms with Crippen molar-refractivity contribution in [2.45, 2.75) is 52.9 Å². The summed E-state index contributed by atoms with van der Waals surface area (Å²) in [5, 5.41) is 0. The molecule has 4 nitrogen and oxygen atoms in total. The van der Waals surface area contributed by atoms with E-state index in [-0.39, 0.29) is 0 Å². The number of hydrazine groups is 1. The highest BCUT2D eigenvalue weighted by Gasteiger charge is 2.51. The van der Waals surface area contributed by atoms with E-state index in [9.17, 15) is 4.79 Å². The molecule has 108 valence electrons. The third-order valence-electron chi connectivity index (χ3n) is 5.36. The van der Waals surface area contributed by atoms with Crippen molar-refractivity contribution >= 4 is 6.03 Å². The Balaban J connectivity index is 1.79. The third kappa shape index (κ3) is 3.04. The van der Waals surface area contributed by atoms with Crippen LogP contribution in [0.4, 0.5) is 4.79 Å². The summed E-state index contributed by atoms with van der Waals surface area (Å²) in [6, 6.07) is -0.554. The molecule has 4 N–H and O–H groups in total. The van der Waals surface area contributed by atoms with E-state index < -0.39 is 6.03 Å². The Hall–Kier alpha value is -1.19. The number of urea groups is 1. The number of nitrogens with one attached hydrogen (secondary N) is 2. The Morgan fingerprint density at radius 2 is 2.11 bits per heavy atom. The lowest BCUT2D eigenvalue weighted by molar-refractivity contribution is 0.115. The fraction of sp³-hybridized carbons (Fsp3) is 0.800. The second kappa shape index (κ2) is 5.43. The molecule has 4 heteroatoms. The second-order valence-corrected chi connectivity index (χ2v) is 6.78. The van der Waals surface area contributed by atoms with Gasteiger partial charge < -0.3 is 11.2 Å². The lowest BCUT2D eigenvalue weighted by Crippen LogP contribution is -2.39. The molecule has 0 radical (unpaired) electrons. The fourth-order valence-corrected chi connectivity index (χ4v) is 4.27. The van der Waals surface area contributed by atoms with Crippen LogP contribution in [0.25, 0.3) is 0 Å². The van der Waals surface area contributed by atoms with Crippen LogP contribution in [-0.4, -0.2) is 6.03 Å². The Morgan fingerprint density at radius 1 is 1.37 bits per heavy atom. The predicted molar refractivity (Wildman–Crippen MR) is 76.9 cm³/mol. The third-order valence-corrected chi connectivity index (χ3v) is 5.36. The molecule has 0 spiro atoms. The fourth-order valence-electron chi connectivity index (χ4n) is 4.27. The maximum absolute atomic E-state index is 10.6. The highest BCUT2D eigenvalue weighted by Crippen LogP contribution is 2.60. The molecule has 2 aliphatic rings. The van der Waals surface area contributed by atoms with Crippen LogP contribution < -0.4 is 16.6 Å². The topological polar surface area (TPSA) is 67.2 Å². The number of nitrogens with two attached hydrogens (primary N) is 1. The van der Waals surface area contributed by atoms with Crippen LogP contribution in [0, 0.1) is 23.2 Å². The molecule has 0 aromatic rings. The van der Waals surface area contributed by atoms with Crippen LogP contribution in [0.1, 0.15) is 52.9 Å². The Morgan fingerprint density at radius 3 is 2.68 bits per heavy atom. The van der Waals surface area contributed by atoms with Gasteiger partial charge in [-0.05, 0) is 62.2 Å². The molecule has 0 aromatic heterocycles. The van der Waals surface area contributed by atoms with Crippen molar-refractivity contribution < 1.29 is 4.79 Å². The van der Waals surface area contributed by atoms with Crippen molar-refractivity contribution in [3.05, 3.63) is 11.8 Å². The van der Waals surface area contributed by atoms with Crippen molar-refractivity contribution in [3.63, 3.8) is 0 Å². The van der Waals surface area contributed by atoms with E-state index in [1.807, 2.05) is 6.92 Å². The van der Waals surface area contributed by atoms with Gasteiger partial charge in [0.15, 0.2) is 0 Å². The Bertz CT molecular complexity index is 376. The molecule has 0 aromatic carbocycles. The molecule has 0 aliphatic heterocycles. The van der Waals surface area contributed by atoms with Gasteiger partial charge in [0.2, 0.25) is 0 Å². The van der Waals surface area contributed by atoms with Crippen molar-refractivity contribution in [2.75, 3.05) is 0 Å². The highest BCUT2D eigenvalue weighted by atomic mass is 16.2. The van der Waals surface area contributed by atoms with Crippen molar-refractivity contribution in [1.29, 1.82) is 0 Å². The predicted octanol–water partition coefficient (Wildman–Crippen LogP) is 2.92. The molecule has 3 atom stereocenters. The van der Waals surface area contributed by atoms with Crippen molar-refractivity contribution in [2.24, 2.45) is 28.9 Å². The maximum Gasteiger partial charge on any atom is 0.330 e. The minimum absolute atomic E-state index is 0.517. The maximum atomic E-state index is 10.6. The smallest absolute Gasteiger partial charge is 0.330 e. The summed E-state index contributed by atoms with van der Waals surface area (Å²) >= 11 is 0. The first-order valence-corrected chi connectivity index (χ1v) is 7.39. The minimum Gasteiger partial charge on any atom is -0.350 e. The summed E-state index contributed by atoms with van der Waals surface area (Å²) in [5.41, 5.74) is 11.7. The van der Waals surface area contributed by atoms with E-state index in [2.05, 4.69) is 30.8 Å². The number of carbonyl (C=O) groups is 1. The van der Waals surface area contributed by atoms with Crippen LogP contribution in [0.3, 0.4) is 0 Å². The van der Waals surface area contributed by atoms with Gasteiger partial charge in [-0.15, -0.1) is 0 Å². The van der Waals surface area contributed by atoms with Gasteiger partial charge >= 0.3 is 6.03 Å². The average Bonchev–Trinajstić information content (AvgIpc) is 2.88. The van der Waals surface area contributed by atoms with Crippen LogP contribution in [0.5, 0.6) is 0 Å². The SMILES string of the molecule is C/C(=C/CC[C@H]1[C@@H]2CC[C@H](C2)C1(C)C)NNC(N)=O. The molecule has 2 fully saturated rings. The van der Waals surface area contributed by atoms with E-state index in [4.69, 9.17) is 5.73 Å². The van der Waals surface area contributed by atoms with Crippen LogP contribution in [0.2, 0.25) is 0 Å². The van der Waals surface area contributed by atoms with Gasteiger partial charge in [0.25, 0.3) is 0 Å². The number of fused-ring (bicyclic) bond motifs is 2. The van der Waals surface area contributed by atoms with Crippen LogP contribution in [0.15, 0.2) is 11.8 Å². The summed E-state index contributed by atoms with van der Waals surface area (Å²) in [5.74, 6) is 2.76. The summed E-state index contributed by atoms with van der Waals surface area (Å²) in [6.45, 7) is 6.85. The van der Waals surface area contributed by atoms with Gasteiger partial charge in [-0.2, -0.15) is 0 Å². The Kier molecular flexibility index (Phi) is 4.07. The van der Waals surface area contributed by atoms with Gasteiger partial charge in [0.1, 0.15) is 0 Å². The monoisotopic (exact) mass is 265 g/mol. The lowest BCUT2D eigenvalue weighted by Gasteiger charge is -2.38. The van der Waals surface area contributed by atoms with E-state index in [1.54, 1.807) is 0 Å². The molecule has 2 saturated carbocycles. The van der Waals surface area contributed by atoms with Gasteiger partial charge in [-0.1, -0.05) is 19.9 Å². The molecule has 2 bridgehead atoms. The zero-order chi connectivity index (χ0) is 14.0. The zero-order valence-electron chi connectivity index (χ0n) is 12.3. The number of primary amides is 1. The first-order valence-electron chi connectivity index (χ1n) is 7.39. The lowest BCUT2D eigenvalue weighted by atomic mass is 9.67. The molecular formula is C15H27N3O. The van der Waals surface area contributed by atoms with E-state index in [0.717, 1.165) is 29.9 Å². The molecule has 0 heterocycles. The van der Waals surface area contributed by atoms with Crippen LogP contribution >= 0.6 is 0 Å². The summed E-state index contributed by atoms with van der Waals surface area (Å²) < 4.78 is 0. The molecule has 0 unspecified atom stereocenters. The van der Waals surface area contributed by atoms with E-state index >= 15 is 0 Å². The Labute approximate surface area is 116 Å². The van der Waals surface area contributed by atoms with E-state index in [1.165, 1.54) is 25.7 Å². The molecule has 2 rings (SSSR count). The molecule has 2 aliphatic carbocycles. The van der Waals surface area contributed by atoms with Gasteiger partial charge in [-0.3, -0.25) is 5.43 Å². The van der Waals surface area contributed by atoms with Gasteiger partial charge in [-0.25, -0.2) is 4.79 Å².